The highest BCUT2D eigenvalue weighted by molar-refractivity contribution is 5.88. The van der Waals surface area contributed by atoms with Crippen LogP contribution in [0, 0.1) is 0 Å². The highest BCUT2D eigenvalue weighted by atomic mass is 16.7. The van der Waals surface area contributed by atoms with Crippen molar-refractivity contribution in [3.8, 4) is 0 Å². The van der Waals surface area contributed by atoms with Gasteiger partial charge in [0.1, 0.15) is 6.10 Å². The van der Waals surface area contributed by atoms with E-state index in [2.05, 4.69) is 0 Å². The highest BCUT2D eigenvalue weighted by Gasteiger charge is 2.73. The molecule has 2 fully saturated rings. The van der Waals surface area contributed by atoms with Gasteiger partial charge in [-0.2, -0.15) is 0 Å². The molecule has 2 aliphatic rings. The Morgan fingerprint density at radius 3 is 2.87 bits per heavy atom. The largest absolute Gasteiger partial charge is 0.451 e. The first-order chi connectivity index (χ1) is 10.9. The van der Waals surface area contributed by atoms with Crippen molar-refractivity contribution in [3.63, 3.8) is 0 Å². The Morgan fingerprint density at radius 1 is 1.35 bits per heavy atom. The Labute approximate surface area is 131 Å². The van der Waals surface area contributed by atoms with Crippen molar-refractivity contribution >= 4 is 16.9 Å². The number of fused-ring (bicyclic) bond motifs is 2. The van der Waals surface area contributed by atoms with Crippen LogP contribution in [0.4, 0.5) is 0 Å². The van der Waals surface area contributed by atoms with Gasteiger partial charge < -0.3 is 29.4 Å². The lowest BCUT2D eigenvalue weighted by atomic mass is 9.85. The Kier molecular flexibility index (Phi) is 2.90. The van der Waals surface area contributed by atoms with E-state index in [9.17, 15) is 20.1 Å². The van der Waals surface area contributed by atoms with Gasteiger partial charge in [-0.15, -0.1) is 0 Å². The number of esters is 1. The molecule has 23 heavy (non-hydrogen) atoms. The predicted octanol–water partition coefficient (Wildman–Crippen LogP) is -0.543. The summed E-state index contributed by atoms with van der Waals surface area (Å²) in [4.78, 5) is 12.2. The average molecular weight is 319 g/mol. The van der Waals surface area contributed by atoms with E-state index in [0.717, 1.165) is 10.9 Å². The number of hydrogen-bond donors (Lipinski definition) is 3. The number of carbonyl (C=O) groups is 1. The molecule has 0 amide bonds. The molecule has 0 radical (unpaired) electrons. The number of hydrogen-bond acceptors (Lipinski definition) is 6. The van der Waals surface area contributed by atoms with Crippen molar-refractivity contribution < 1.29 is 29.6 Å². The van der Waals surface area contributed by atoms with E-state index in [4.69, 9.17) is 9.47 Å². The summed E-state index contributed by atoms with van der Waals surface area (Å²) in [6, 6.07) is 7.55. The summed E-state index contributed by atoms with van der Waals surface area (Å²) in [6.45, 7) is -0.202. The second-order valence-electron chi connectivity index (χ2n) is 6.22. The van der Waals surface area contributed by atoms with Crippen molar-refractivity contribution in [1.82, 2.24) is 4.57 Å². The summed E-state index contributed by atoms with van der Waals surface area (Å²) in [5.74, 6) is -3.24. The molecule has 4 rings (SSSR count). The molecular formula is C16H17NO6. The molecule has 0 bridgehead atoms. The van der Waals surface area contributed by atoms with Crippen molar-refractivity contribution in [3.05, 3.63) is 36.0 Å². The summed E-state index contributed by atoms with van der Waals surface area (Å²) >= 11 is 0. The standard InChI is InChI=1S/C16H17NO6/c1-17-7-9(10-4-2-3-5-11(10)17)6-15(20)14(19)23-13-12(18)8-22-16(13,15)21/h2-5,7,12-13,18,20-21H,6,8H2,1H3. The first kappa shape index (κ1) is 14.6. The second-order valence-corrected chi connectivity index (χ2v) is 6.22. The normalized spacial score (nSPS) is 36.4. The number of nitrogens with zero attached hydrogens (tertiary/aromatic N) is 1. The number of aromatic nitrogens is 1. The molecule has 2 aromatic rings. The van der Waals surface area contributed by atoms with Crippen molar-refractivity contribution in [2.45, 2.75) is 30.0 Å². The lowest BCUT2D eigenvalue weighted by Gasteiger charge is -2.31. The monoisotopic (exact) mass is 319 g/mol. The molecular weight excluding hydrogens is 302 g/mol. The summed E-state index contributed by atoms with van der Waals surface area (Å²) in [5.41, 5.74) is -0.644. The van der Waals surface area contributed by atoms with E-state index in [0.29, 0.717) is 5.56 Å². The maximum absolute atomic E-state index is 12.2. The SMILES string of the molecule is Cn1cc(CC2(O)C(=O)OC3C(O)COC32O)c2ccccc21. The Balaban J connectivity index is 1.79. The van der Waals surface area contributed by atoms with Crippen LogP contribution in [0.1, 0.15) is 5.56 Å². The van der Waals surface area contributed by atoms with Gasteiger partial charge in [0.25, 0.3) is 0 Å². The maximum atomic E-state index is 12.2. The molecule has 122 valence electrons. The molecule has 0 spiro atoms. The molecule has 2 saturated heterocycles. The van der Waals surface area contributed by atoms with Crippen LogP contribution in [0.2, 0.25) is 0 Å². The minimum absolute atomic E-state index is 0.174. The highest BCUT2D eigenvalue weighted by Crippen LogP contribution is 2.45. The zero-order valence-corrected chi connectivity index (χ0v) is 12.5. The van der Waals surface area contributed by atoms with Crippen LogP contribution in [-0.4, -0.2) is 56.1 Å². The Bertz CT molecular complexity index is 801. The van der Waals surface area contributed by atoms with Gasteiger partial charge in [0.05, 0.1) is 6.61 Å². The number of para-hydroxylation sites is 1. The number of benzene rings is 1. The Morgan fingerprint density at radius 2 is 2.09 bits per heavy atom. The smallest absolute Gasteiger partial charge is 0.344 e. The molecule has 3 heterocycles. The second kappa shape index (κ2) is 4.55. The fraction of sp³-hybridized carbons (Fsp3) is 0.438. The topological polar surface area (TPSA) is 101 Å². The van der Waals surface area contributed by atoms with Crippen LogP contribution in [0.3, 0.4) is 0 Å². The summed E-state index contributed by atoms with van der Waals surface area (Å²) < 4.78 is 12.0. The average Bonchev–Trinajstić information content (AvgIpc) is 3.06. The first-order valence-electron chi connectivity index (χ1n) is 7.37. The summed E-state index contributed by atoms with van der Waals surface area (Å²) in [5, 5.41) is 32.1. The number of carbonyl (C=O) groups excluding carboxylic acids is 1. The molecule has 0 saturated carbocycles. The van der Waals surface area contributed by atoms with Gasteiger partial charge in [-0.3, -0.25) is 0 Å². The van der Waals surface area contributed by atoms with E-state index in [-0.39, 0.29) is 13.0 Å². The van der Waals surface area contributed by atoms with Gasteiger partial charge in [-0.25, -0.2) is 4.79 Å². The lowest BCUT2D eigenvalue weighted by molar-refractivity contribution is -0.262. The van der Waals surface area contributed by atoms with Crippen LogP contribution < -0.4 is 0 Å². The van der Waals surface area contributed by atoms with Gasteiger partial charge in [0, 0.05) is 30.6 Å². The molecule has 1 aromatic heterocycles. The molecule has 1 aromatic carbocycles. The number of ether oxygens (including phenoxy) is 2. The van der Waals surface area contributed by atoms with Gasteiger partial charge in [-0.1, -0.05) is 18.2 Å². The van der Waals surface area contributed by atoms with E-state index in [1.54, 1.807) is 6.20 Å². The minimum Gasteiger partial charge on any atom is -0.451 e. The Hall–Kier alpha value is -1.93. The molecule has 2 aliphatic heterocycles. The third-order valence-electron chi connectivity index (χ3n) is 4.80. The zero-order chi connectivity index (χ0) is 16.4. The number of aliphatic hydroxyl groups is 3. The number of rotatable bonds is 2. The lowest BCUT2D eigenvalue weighted by Crippen LogP contribution is -2.59. The van der Waals surface area contributed by atoms with Crippen LogP contribution >= 0.6 is 0 Å². The molecule has 4 unspecified atom stereocenters. The minimum atomic E-state index is -2.26. The van der Waals surface area contributed by atoms with Gasteiger partial charge in [0.15, 0.2) is 6.10 Å². The van der Waals surface area contributed by atoms with Gasteiger partial charge >= 0.3 is 5.97 Å². The van der Waals surface area contributed by atoms with E-state index in [1.807, 2.05) is 35.9 Å². The molecule has 0 aliphatic carbocycles. The summed E-state index contributed by atoms with van der Waals surface area (Å²) in [7, 11) is 1.86. The molecule has 3 N–H and O–H groups in total. The summed E-state index contributed by atoms with van der Waals surface area (Å²) in [6.07, 6.45) is -0.828. The maximum Gasteiger partial charge on any atom is 0.344 e. The fourth-order valence-corrected chi connectivity index (χ4v) is 3.56. The predicted molar refractivity (Wildman–Crippen MR) is 78.4 cm³/mol. The quantitative estimate of drug-likeness (QED) is 0.643. The molecule has 7 heteroatoms. The fourth-order valence-electron chi connectivity index (χ4n) is 3.56. The zero-order valence-electron chi connectivity index (χ0n) is 12.5. The van der Waals surface area contributed by atoms with Crippen LogP contribution in [0.25, 0.3) is 10.9 Å². The van der Waals surface area contributed by atoms with E-state index >= 15 is 0 Å². The van der Waals surface area contributed by atoms with Crippen molar-refractivity contribution in [2.75, 3.05) is 6.61 Å². The van der Waals surface area contributed by atoms with Crippen LogP contribution in [0.5, 0.6) is 0 Å². The third kappa shape index (κ3) is 1.76. The van der Waals surface area contributed by atoms with Crippen LogP contribution in [-0.2, 0) is 27.7 Å². The van der Waals surface area contributed by atoms with Crippen LogP contribution in [0.15, 0.2) is 30.5 Å². The van der Waals surface area contributed by atoms with E-state index in [1.165, 1.54) is 0 Å². The van der Waals surface area contributed by atoms with Crippen molar-refractivity contribution in [2.24, 2.45) is 7.05 Å². The van der Waals surface area contributed by atoms with Gasteiger partial charge in [0.2, 0.25) is 11.4 Å². The first-order valence-corrected chi connectivity index (χ1v) is 7.37. The molecule has 4 atom stereocenters. The third-order valence-corrected chi connectivity index (χ3v) is 4.80. The van der Waals surface area contributed by atoms with Gasteiger partial charge in [-0.05, 0) is 11.6 Å². The van der Waals surface area contributed by atoms with E-state index < -0.39 is 29.6 Å². The number of aliphatic hydroxyl groups excluding tert-OH is 1. The van der Waals surface area contributed by atoms with Crippen molar-refractivity contribution in [1.29, 1.82) is 0 Å². The molecule has 7 nitrogen and oxygen atoms in total. The number of aryl methyl sites for hydroxylation is 1.